The summed E-state index contributed by atoms with van der Waals surface area (Å²) in [5.41, 5.74) is -8.27. The van der Waals surface area contributed by atoms with E-state index in [1.807, 2.05) is 0 Å². The molecule has 17 heteroatoms. The Morgan fingerprint density at radius 2 is 0.800 bits per heavy atom. The minimum absolute atomic E-state index is 1.39. The molecule has 2 nitrogen and oxygen atoms in total. The second kappa shape index (κ2) is 5.95. The molecule has 0 aromatic rings. The van der Waals surface area contributed by atoms with Gasteiger partial charge in [0.25, 0.3) is 0 Å². The van der Waals surface area contributed by atoms with Gasteiger partial charge in [-0.1, -0.05) is 0 Å². The van der Waals surface area contributed by atoms with E-state index in [2.05, 4.69) is 0 Å². The molecule has 25 heavy (non-hydrogen) atoms. The van der Waals surface area contributed by atoms with Crippen LogP contribution in [0, 0.1) is 5.41 Å². The van der Waals surface area contributed by atoms with Gasteiger partial charge in [0, 0.05) is 0 Å². The van der Waals surface area contributed by atoms with Crippen LogP contribution in [0.1, 0.15) is 0 Å². The van der Waals surface area contributed by atoms with Crippen molar-refractivity contribution in [3.8, 4) is 0 Å². The van der Waals surface area contributed by atoms with Crippen LogP contribution in [0.4, 0.5) is 65.9 Å². The normalized spacial score (nSPS) is 16.3. The van der Waals surface area contributed by atoms with Crippen LogP contribution >= 0.6 is 0 Å². The van der Waals surface area contributed by atoms with Crippen LogP contribution < -0.4 is 0 Å². The van der Waals surface area contributed by atoms with Gasteiger partial charge in [0.05, 0.1) is 0 Å². The third-order valence-electron chi connectivity index (χ3n) is 2.59. The zero-order valence-corrected chi connectivity index (χ0v) is 10.7. The molecule has 0 aromatic carbocycles. The molecule has 0 amide bonds. The maximum Gasteiger partial charge on any atom is 0.426 e. The second-order valence-corrected chi connectivity index (χ2v) is 4.24. The van der Waals surface area contributed by atoms with Crippen molar-refractivity contribution in [2.45, 2.75) is 36.7 Å². The van der Waals surface area contributed by atoms with E-state index in [1.165, 1.54) is 4.74 Å². The van der Waals surface area contributed by atoms with Gasteiger partial charge >= 0.3 is 42.1 Å². The topological polar surface area (TPSA) is 29.5 Å². The Morgan fingerprint density at radius 1 is 0.520 bits per heavy atom. The highest BCUT2D eigenvalue weighted by Gasteiger charge is 2.95. The van der Waals surface area contributed by atoms with Crippen LogP contribution in [0.5, 0.6) is 0 Å². The Hall–Kier alpha value is -1.13. The molecule has 0 spiro atoms. The van der Waals surface area contributed by atoms with E-state index >= 15 is 0 Å². The van der Waals surface area contributed by atoms with Crippen LogP contribution in [-0.4, -0.2) is 48.4 Å². The van der Waals surface area contributed by atoms with Gasteiger partial charge in [-0.05, 0) is 0 Å². The fourth-order valence-corrected chi connectivity index (χ4v) is 1.38. The van der Waals surface area contributed by atoms with E-state index in [1.54, 1.807) is 0 Å². The smallest absolute Gasteiger partial charge is 0.390 e. The first-order valence-electron chi connectivity index (χ1n) is 5.16. The summed E-state index contributed by atoms with van der Waals surface area (Å²) >= 11 is 0. The maximum atomic E-state index is 13.1. The lowest BCUT2D eigenvalue weighted by atomic mass is 9.83. The lowest BCUT2D eigenvalue weighted by Crippen LogP contribution is -2.71. The maximum absolute atomic E-state index is 13.1. The number of aliphatic hydroxyl groups excluding tert-OH is 1. The van der Waals surface area contributed by atoms with Gasteiger partial charge in [-0.2, -0.15) is 65.9 Å². The quantitative estimate of drug-likeness (QED) is 0.670. The van der Waals surface area contributed by atoms with Crippen molar-refractivity contribution < 1.29 is 75.7 Å². The first-order chi connectivity index (χ1) is 10.5. The number of aliphatic hydroxyl groups is 1. The van der Waals surface area contributed by atoms with Gasteiger partial charge in [-0.3, -0.25) is 0 Å². The molecule has 0 fully saturated rings. The van der Waals surface area contributed by atoms with Gasteiger partial charge in [0.1, 0.15) is 6.61 Å². The SMILES string of the molecule is OCC(F)(F)C(F)(F)OC(F)(F)C(C(F)(F)F)(C(F)(F)F)C(F)(F)F. The zero-order valence-electron chi connectivity index (χ0n) is 10.7. The number of hydrogen-bond donors (Lipinski definition) is 1. The van der Waals surface area contributed by atoms with Gasteiger partial charge in [0.15, 0.2) is 0 Å². The fraction of sp³-hybridized carbons (Fsp3) is 1.00. The van der Waals surface area contributed by atoms with Crippen molar-refractivity contribution in [3.63, 3.8) is 0 Å². The third-order valence-corrected chi connectivity index (χ3v) is 2.59. The number of halogens is 15. The van der Waals surface area contributed by atoms with Crippen LogP contribution in [0.2, 0.25) is 0 Å². The van der Waals surface area contributed by atoms with Gasteiger partial charge < -0.3 is 5.11 Å². The zero-order chi connectivity index (χ0) is 20.9. The Morgan fingerprint density at radius 3 is 1.00 bits per heavy atom. The minimum Gasteiger partial charge on any atom is -0.390 e. The van der Waals surface area contributed by atoms with E-state index in [-0.39, 0.29) is 0 Å². The molecule has 0 saturated carbocycles. The highest BCUT2D eigenvalue weighted by Crippen LogP contribution is 2.67. The van der Waals surface area contributed by atoms with Crippen LogP contribution in [0.3, 0.4) is 0 Å². The number of ether oxygens (including phenoxy) is 1. The molecule has 0 unspecified atom stereocenters. The molecule has 1 N–H and O–H groups in total. The summed E-state index contributed by atoms with van der Waals surface area (Å²) in [6, 6.07) is 0. The van der Waals surface area contributed by atoms with Crippen LogP contribution in [-0.2, 0) is 4.74 Å². The molecular weight excluding hydrogens is 413 g/mol. The summed E-state index contributed by atoms with van der Waals surface area (Å²) in [6.07, 6.45) is -39.2. The summed E-state index contributed by atoms with van der Waals surface area (Å²) in [5, 5.41) is 7.79. The summed E-state index contributed by atoms with van der Waals surface area (Å²) in [4.78, 5) is 0. The van der Waals surface area contributed by atoms with Crippen LogP contribution in [0.25, 0.3) is 0 Å². The highest BCUT2D eigenvalue weighted by atomic mass is 19.4. The van der Waals surface area contributed by atoms with Crippen molar-refractivity contribution in [1.29, 1.82) is 0 Å². The Balaban J connectivity index is 6.68. The monoisotopic (exact) mass is 416 g/mol. The molecule has 0 aliphatic heterocycles. The van der Waals surface area contributed by atoms with E-state index in [9.17, 15) is 65.9 Å². The molecule has 0 radical (unpaired) electrons. The van der Waals surface area contributed by atoms with Crippen molar-refractivity contribution in [1.82, 2.24) is 0 Å². The second-order valence-electron chi connectivity index (χ2n) is 4.24. The van der Waals surface area contributed by atoms with E-state index in [0.717, 1.165) is 0 Å². The average Bonchev–Trinajstić information content (AvgIpc) is 2.19. The molecule has 0 saturated heterocycles. The molecule has 0 atom stereocenters. The molecule has 0 heterocycles. The highest BCUT2D eigenvalue weighted by molar-refractivity contribution is 5.05. The minimum atomic E-state index is -8.27. The summed E-state index contributed by atoms with van der Waals surface area (Å²) < 4.78 is 189. The van der Waals surface area contributed by atoms with E-state index in [0.29, 0.717) is 0 Å². The van der Waals surface area contributed by atoms with E-state index < -0.39 is 48.7 Å². The predicted molar refractivity (Wildman–Crippen MR) is 43.6 cm³/mol. The molecule has 0 rings (SSSR count). The lowest BCUT2D eigenvalue weighted by Gasteiger charge is -2.43. The van der Waals surface area contributed by atoms with Gasteiger partial charge in [-0.25, -0.2) is 4.74 Å². The Bertz CT molecular complexity index is 433. The van der Waals surface area contributed by atoms with Gasteiger partial charge in [0.2, 0.25) is 0 Å². The van der Waals surface area contributed by atoms with Crippen molar-refractivity contribution in [2.24, 2.45) is 5.41 Å². The average molecular weight is 416 g/mol. The molecule has 0 aromatic heterocycles. The first kappa shape index (κ1) is 23.9. The van der Waals surface area contributed by atoms with Crippen LogP contribution in [0.15, 0.2) is 0 Å². The van der Waals surface area contributed by atoms with Crippen molar-refractivity contribution in [2.75, 3.05) is 6.61 Å². The molecule has 152 valence electrons. The van der Waals surface area contributed by atoms with Gasteiger partial charge in [-0.15, -0.1) is 0 Å². The molecule has 0 aliphatic carbocycles. The Kier molecular flexibility index (Phi) is 5.68. The number of alkyl halides is 15. The number of hydrogen-bond acceptors (Lipinski definition) is 2. The molecule has 0 bridgehead atoms. The largest absolute Gasteiger partial charge is 0.426 e. The van der Waals surface area contributed by atoms with E-state index in [4.69, 9.17) is 5.11 Å². The first-order valence-corrected chi connectivity index (χ1v) is 5.16. The molecule has 0 aliphatic rings. The third kappa shape index (κ3) is 3.56. The predicted octanol–water partition coefficient (Wildman–Crippen LogP) is 4.49. The lowest BCUT2D eigenvalue weighted by molar-refractivity contribution is -0.550. The summed E-state index contributed by atoms with van der Waals surface area (Å²) in [7, 11) is 0. The summed E-state index contributed by atoms with van der Waals surface area (Å²) in [5.74, 6) is -6.25. The fourth-order valence-electron chi connectivity index (χ4n) is 1.38. The summed E-state index contributed by atoms with van der Waals surface area (Å²) in [6.45, 7) is -3.16. The number of rotatable bonds is 5. The molecular formula is C8H3F15O2. The van der Waals surface area contributed by atoms with Crippen molar-refractivity contribution >= 4 is 0 Å². The van der Waals surface area contributed by atoms with Crippen molar-refractivity contribution in [3.05, 3.63) is 0 Å². The standard InChI is InChI=1S/C8H3F15O2/c9-2(10,1-24)7(20,21)25-8(22,23)3(4(11,12)13,5(14,15)16)6(17,18)19/h24H,1H2. The Labute approximate surface area is 126 Å².